The first-order valence-corrected chi connectivity index (χ1v) is 16.1. The molecule has 3 aromatic carbocycles. The summed E-state index contributed by atoms with van der Waals surface area (Å²) in [7, 11) is 0. The van der Waals surface area contributed by atoms with Crippen molar-refractivity contribution in [2.45, 2.75) is 84.5 Å². The summed E-state index contributed by atoms with van der Waals surface area (Å²) in [6.45, 7) is 8.30. The van der Waals surface area contributed by atoms with Gasteiger partial charge in [-0.1, -0.05) is 74.0 Å². The summed E-state index contributed by atoms with van der Waals surface area (Å²) >= 11 is 0. The Morgan fingerprint density at radius 1 is 0.915 bits per heavy atom. The predicted molar refractivity (Wildman–Crippen MR) is 185 cm³/mol. The fraction of sp³-hybridized carbons (Fsp3) is 0.351. The molecule has 0 radical (unpaired) electrons. The molecule has 1 N–H and O–H groups in total. The van der Waals surface area contributed by atoms with Crippen molar-refractivity contribution in [1.29, 1.82) is 0 Å². The Balaban J connectivity index is 0.00000433. The standard InChI is InChI=1S/C37H40N4O5.K.H/c1-5-9-33-32(22-25-12-14-26(15-13-25)30-10-7-8-11-31(30)35-39-37(43)46-40-35)36(42)41(34(6-2)38-33)27-16-18-28(19-17-27)45-29-20-23(3)44-24(4)21-29;;/h7-8,10-19,23-24,29H,5-6,9,20-22H2,1-4H3,(H,39,40,43);;/t23-,24+,29?;;. The van der Waals surface area contributed by atoms with Crippen LogP contribution in [-0.4, -0.2) is 89.4 Å². The van der Waals surface area contributed by atoms with E-state index in [1.807, 2.05) is 79.7 Å². The molecule has 3 atom stereocenters. The summed E-state index contributed by atoms with van der Waals surface area (Å²) < 4.78 is 18.6. The summed E-state index contributed by atoms with van der Waals surface area (Å²) in [5, 5.41) is 3.87. The molecule has 2 aromatic heterocycles. The van der Waals surface area contributed by atoms with E-state index in [1.54, 1.807) is 4.57 Å². The van der Waals surface area contributed by atoms with Crippen LogP contribution in [0.25, 0.3) is 28.2 Å². The molecular formula is C37H41KN4O5. The molecule has 6 rings (SSSR count). The van der Waals surface area contributed by atoms with Crippen molar-refractivity contribution < 1.29 is 14.0 Å². The molecule has 1 unspecified atom stereocenters. The van der Waals surface area contributed by atoms with E-state index in [4.69, 9.17) is 19.0 Å². The number of hydrogen-bond donors (Lipinski definition) is 1. The molecule has 0 aliphatic carbocycles. The van der Waals surface area contributed by atoms with Crippen LogP contribution in [0, 0.1) is 0 Å². The van der Waals surface area contributed by atoms with Gasteiger partial charge in [0, 0.05) is 36.8 Å². The number of aromatic amines is 1. The molecule has 1 aliphatic heterocycles. The second-order valence-electron chi connectivity index (χ2n) is 12.0. The molecule has 10 heteroatoms. The van der Waals surface area contributed by atoms with Gasteiger partial charge in [0.1, 0.15) is 17.7 Å². The van der Waals surface area contributed by atoms with Gasteiger partial charge in [0.25, 0.3) is 5.56 Å². The SMILES string of the molecule is CCCc1nc(CC)n(-c2ccc(OC3C[C@@H](C)O[C@@H](C)C3)cc2)c(=O)c1Cc1ccc(-c2ccccc2-c2noc(=O)[nH]2)cc1.[KH]. The van der Waals surface area contributed by atoms with Crippen molar-refractivity contribution in [3.63, 3.8) is 0 Å². The topological polar surface area (TPSA) is 112 Å². The van der Waals surface area contributed by atoms with Crippen molar-refractivity contribution >= 4 is 51.4 Å². The van der Waals surface area contributed by atoms with Crippen molar-refractivity contribution in [1.82, 2.24) is 19.7 Å². The zero-order valence-corrected chi connectivity index (χ0v) is 26.8. The van der Waals surface area contributed by atoms with E-state index >= 15 is 0 Å². The molecule has 1 saturated heterocycles. The van der Waals surface area contributed by atoms with Gasteiger partial charge in [-0.15, -0.1) is 0 Å². The minimum absolute atomic E-state index is 0. The van der Waals surface area contributed by atoms with Crippen LogP contribution in [0.5, 0.6) is 5.75 Å². The number of nitrogens with one attached hydrogen (secondary N) is 1. The van der Waals surface area contributed by atoms with E-state index in [0.29, 0.717) is 24.2 Å². The average Bonchev–Trinajstić information content (AvgIpc) is 3.49. The van der Waals surface area contributed by atoms with Gasteiger partial charge in [0.2, 0.25) is 0 Å². The minimum atomic E-state index is -0.597. The Labute approximate surface area is 317 Å². The van der Waals surface area contributed by atoms with E-state index in [-0.39, 0.29) is 75.3 Å². The molecule has 0 bridgehead atoms. The zero-order valence-electron chi connectivity index (χ0n) is 26.8. The van der Waals surface area contributed by atoms with Crippen LogP contribution in [0.2, 0.25) is 0 Å². The summed E-state index contributed by atoms with van der Waals surface area (Å²) in [6, 6.07) is 23.6. The summed E-state index contributed by atoms with van der Waals surface area (Å²) in [5.41, 5.74) is 5.94. The Morgan fingerprint density at radius 2 is 1.60 bits per heavy atom. The molecule has 240 valence electrons. The molecule has 0 saturated carbocycles. The Kier molecular flexibility index (Phi) is 11.9. The predicted octanol–water partition coefficient (Wildman–Crippen LogP) is 6.03. The van der Waals surface area contributed by atoms with E-state index in [2.05, 4.69) is 30.9 Å². The molecule has 1 aliphatic rings. The number of hydrogen-bond acceptors (Lipinski definition) is 7. The third-order valence-electron chi connectivity index (χ3n) is 8.46. The number of aryl methyl sites for hydroxylation is 2. The molecule has 0 amide bonds. The number of H-pyrrole nitrogens is 1. The van der Waals surface area contributed by atoms with Gasteiger partial charge in [0.15, 0.2) is 5.82 Å². The van der Waals surface area contributed by atoms with Crippen LogP contribution in [0.15, 0.2) is 86.9 Å². The van der Waals surface area contributed by atoms with Gasteiger partial charge in [-0.2, -0.15) is 0 Å². The van der Waals surface area contributed by atoms with Crippen LogP contribution in [0.3, 0.4) is 0 Å². The molecular weight excluding hydrogens is 620 g/mol. The average molecular weight is 661 g/mol. The van der Waals surface area contributed by atoms with Crippen LogP contribution in [0.4, 0.5) is 0 Å². The third-order valence-corrected chi connectivity index (χ3v) is 8.46. The number of ether oxygens (including phenoxy) is 2. The maximum absolute atomic E-state index is 14.2. The molecule has 0 spiro atoms. The molecule has 47 heavy (non-hydrogen) atoms. The van der Waals surface area contributed by atoms with E-state index in [0.717, 1.165) is 70.9 Å². The van der Waals surface area contributed by atoms with Crippen LogP contribution in [0.1, 0.15) is 69.6 Å². The Hall–Kier alpha value is -3.12. The van der Waals surface area contributed by atoms with Gasteiger partial charge >= 0.3 is 57.1 Å². The van der Waals surface area contributed by atoms with E-state index < -0.39 is 5.76 Å². The molecule has 3 heterocycles. The van der Waals surface area contributed by atoms with E-state index in [9.17, 15) is 9.59 Å². The Morgan fingerprint density at radius 3 is 2.21 bits per heavy atom. The number of rotatable bonds is 10. The summed E-state index contributed by atoms with van der Waals surface area (Å²) in [4.78, 5) is 33.5. The summed E-state index contributed by atoms with van der Waals surface area (Å²) in [6.07, 6.45) is 4.87. The quantitative estimate of drug-likeness (QED) is 0.182. The van der Waals surface area contributed by atoms with Crippen molar-refractivity contribution in [2.75, 3.05) is 0 Å². The van der Waals surface area contributed by atoms with Crippen LogP contribution >= 0.6 is 0 Å². The van der Waals surface area contributed by atoms with Gasteiger partial charge < -0.3 is 9.47 Å². The monoisotopic (exact) mass is 660 g/mol. The van der Waals surface area contributed by atoms with Gasteiger partial charge in [-0.25, -0.2) is 9.78 Å². The fourth-order valence-electron chi connectivity index (χ4n) is 6.37. The first-order valence-electron chi connectivity index (χ1n) is 16.1. The van der Waals surface area contributed by atoms with Gasteiger partial charge in [0.05, 0.1) is 23.6 Å². The molecule has 5 aromatic rings. The zero-order chi connectivity index (χ0) is 32.2. The molecule has 1 fully saturated rings. The maximum atomic E-state index is 14.2. The van der Waals surface area contributed by atoms with Gasteiger partial charge in [-0.05, 0) is 61.2 Å². The second-order valence-corrected chi connectivity index (χ2v) is 12.0. The summed E-state index contributed by atoms with van der Waals surface area (Å²) in [5.74, 6) is 1.31. The van der Waals surface area contributed by atoms with Crippen molar-refractivity contribution in [3.8, 4) is 34.0 Å². The van der Waals surface area contributed by atoms with Crippen LogP contribution < -0.4 is 16.1 Å². The van der Waals surface area contributed by atoms with Crippen molar-refractivity contribution in [3.05, 3.63) is 116 Å². The van der Waals surface area contributed by atoms with Crippen molar-refractivity contribution in [2.24, 2.45) is 0 Å². The number of benzene rings is 3. The van der Waals surface area contributed by atoms with E-state index in [1.165, 1.54) is 0 Å². The molecule has 9 nitrogen and oxygen atoms in total. The second kappa shape index (κ2) is 15.8. The first kappa shape index (κ1) is 35.2. The number of aromatic nitrogens is 4. The number of nitrogens with zero attached hydrogens (tertiary/aromatic N) is 3. The fourth-order valence-corrected chi connectivity index (χ4v) is 6.37. The van der Waals surface area contributed by atoms with Crippen LogP contribution in [-0.2, 0) is 24.0 Å². The normalized spacial score (nSPS) is 17.7. The Bertz CT molecular complexity index is 1900. The third kappa shape index (κ3) is 8.13. The van der Waals surface area contributed by atoms with Gasteiger partial charge in [-0.3, -0.25) is 18.9 Å². The first-order chi connectivity index (χ1) is 22.3.